The third-order valence-electron chi connectivity index (χ3n) is 1.99. The van der Waals surface area contributed by atoms with Crippen LogP contribution < -0.4 is 10.1 Å². The zero-order valence-electron chi connectivity index (χ0n) is 7.20. The zero-order chi connectivity index (χ0) is 9.26. The first-order valence-electron chi connectivity index (χ1n) is 3.97. The van der Waals surface area contributed by atoms with Crippen molar-refractivity contribution in [2.75, 3.05) is 7.11 Å². The van der Waals surface area contributed by atoms with Gasteiger partial charge in [-0.1, -0.05) is 12.1 Å². The van der Waals surface area contributed by atoms with E-state index in [9.17, 15) is 4.79 Å². The maximum atomic E-state index is 11.0. The van der Waals surface area contributed by atoms with Crippen molar-refractivity contribution < 1.29 is 9.53 Å². The van der Waals surface area contributed by atoms with E-state index in [4.69, 9.17) is 4.74 Å². The van der Waals surface area contributed by atoms with Gasteiger partial charge in [0, 0.05) is 6.20 Å². The van der Waals surface area contributed by atoms with Crippen molar-refractivity contribution >= 4 is 11.5 Å². The minimum atomic E-state index is -0.0230. The van der Waals surface area contributed by atoms with E-state index in [1.807, 2.05) is 24.3 Å². The van der Waals surface area contributed by atoms with Crippen LogP contribution in [-0.4, -0.2) is 13.0 Å². The summed E-state index contributed by atoms with van der Waals surface area (Å²) in [6, 6.07) is 7.40. The Bertz CT molecular complexity index is 365. The quantitative estimate of drug-likeness (QED) is 0.732. The molecule has 1 amide bonds. The summed E-state index contributed by atoms with van der Waals surface area (Å²) in [5.41, 5.74) is 1.65. The number of amides is 1. The minimum absolute atomic E-state index is 0.0230. The Morgan fingerprint density at radius 1 is 1.23 bits per heavy atom. The van der Waals surface area contributed by atoms with Gasteiger partial charge in [0.2, 0.25) is 0 Å². The number of carbonyl (C=O) groups is 1. The van der Waals surface area contributed by atoms with E-state index in [0.29, 0.717) is 0 Å². The molecule has 13 heavy (non-hydrogen) atoms. The first-order valence-corrected chi connectivity index (χ1v) is 3.97. The molecule has 0 radical (unpaired) electrons. The number of ether oxygens (including phenoxy) is 1. The Labute approximate surface area is 76.0 Å². The highest BCUT2D eigenvalue weighted by atomic mass is 16.5. The molecule has 0 saturated carbocycles. The summed E-state index contributed by atoms with van der Waals surface area (Å²) in [5.74, 6) is 0.772. The van der Waals surface area contributed by atoms with Gasteiger partial charge in [0.05, 0.1) is 12.7 Å². The van der Waals surface area contributed by atoms with Gasteiger partial charge >= 0.3 is 0 Å². The summed E-state index contributed by atoms with van der Waals surface area (Å²) in [7, 11) is 1.62. The molecule has 1 N–H and O–H groups in total. The van der Waals surface area contributed by atoms with Gasteiger partial charge in [-0.3, -0.25) is 4.79 Å². The fourth-order valence-electron chi connectivity index (χ4n) is 1.19. The molecule has 3 nitrogen and oxygen atoms in total. The summed E-state index contributed by atoms with van der Waals surface area (Å²) in [5, 5.41) is 2.55. The van der Waals surface area contributed by atoms with Gasteiger partial charge in [0.1, 0.15) is 5.75 Å². The first kappa shape index (κ1) is 7.86. The van der Waals surface area contributed by atoms with Crippen LogP contribution in [0.15, 0.2) is 30.5 Å². The fraction of sp³-hybridized carbons (Fsp3) is 0.100. The van der Waals surface area contributed by atoms with Gasteiger partial charge in [-0.2, -0.15) is 0 Å². The molecule has 0 bridgehead atoms. The molecular weight excluding hydrogens is 166 g/mol. The molecule has 0 fully saturated rings. The van der Waals surface area contributed by atoms with Gasteiger partial charge in [0.15, 0.2) is 0 Å². The predicted molar refractivity (Wildman–Crippen MR) is 49.1 cm³/mol. The highest BCUT2D eigenvalue weighted by molar-refractivity contribution is 6.25. The van der Waals surface area contributed by atoms with Crippen molar-refractivity contribution in [3.63, 3.8) is 0 Å². The van der Waals surface area contributed by atoms with E-state index in [0.717, 1.165) is 16.9 Å². The van der Waals surface area contributed by atoms with Gasteiger partial charge in [-0.05, 0) is 17.7 Å². The van der Waals surface area contributed by atoms with E-state index in [1.165, 1.54) is 0 Å². The second-order valence-corrected chi connectivity index (χ2v) is 2.76. The molecule has 0 atom stereocenters. The van der Waals surface area contributed by atoms with E-state index >= 15 is 0 Å². The Hall–Kier alpha value is -1.77. The second kappa shape index (κ2) is 2.94. The molecule has 1 aromatic carbocycles. The summed E-state index contributed by atoms with van der Waals surface area (Å²) in [4.78, 5) is 11.0. The molecule has 0 spiro atoms. The highest BCUT2D eigenvalue weighted by Gasteiger charge is 2.17. The molecule has 66 valence electrons. The zero-order valence-corrected chi connectivity index (χ0v) is 7.20. The summed E-state index contributed by atoms with van der Waals surface area (Å²) in [6.07, 6.45) is 1.70. The van der Waals surface area contributed by atoms with Gasteiger partial charge in [0.25, 0.3) is 5.91 Å². The fourth-order valence-corrected chi connectivity index (χ4v) is 1.19. The number of carbonyl (C=O) groups excluding carboxylic acids is 1. The molecule has 0 aromatic heterocycles. The largest absolute Gasteiger partial charge is 0.497 e. The van der Waals surface area contributed by atoms with Crippen LogP contribution in [0, 0.1) is 0 Å². The van der Waals surface area contributed by atoms with Crippen molar-refractivity contribution in [3.05, 3.63) is 36.0 Å². The van der Waals surface area contributed by atoms with Crippen LogP contribution in [0.3, 0.4) is 0 Å². The maximum Gasteiger partial charge on any atom is 0.257 e. The lowest BCUT2D eigenvalue weighted by molar-refractivity contribution is -0.116. The van der Waals surface area contributed by atoms with Gasteiger partial charge in [-0.15, -0.1) is 0 Å². The molecule has 3 heteroatoms. The Morgan fingerprint density at radius 3 is 2.31 bits per heavy atom. The predicted octanol–water partition coefficient (Wildman–Crippen LogP) is 1.17. The summed E-state index contributed by atoms with van der Waals surface area (Å²) >= 11 is 0. The molecule has 1 heterocycles. The van der Waals surface area contributed by atoms with E-state index in [2.05, 4.69) is 5.32 Å². The molecule has 0 aliphatic carbocycles. The van der Waals surface area contributed by atoms with Crippen molar-refractivity contribution in [2.45, 2.75) is 0 Å². The van der Waals surface area contributed by atoms with Crippen LogP contribution in [0.5, 0.6) is 5.75 Å². The standard InChI is InChI=1S/C10H9NO2/c1-13-8-4-2-7(3-5-8)9-6-11-10(9)12/h2-6H,1H3,(H,11,12). The highest BCUT2D eigenvalue weighted by Crippen LogP contribution is 2.21. The Morgan fingerprint density at radius 2 is 1.92 bits per heavy atom. The second-order valence-electron chi connectivity index (χ2n) is 2.76. The van der Waals surface area contributed by atoms with Crippen molar-refractivity contribution in [2.24, 2.45) is 0 Å². The third kappa shape index (κ3) is 1.28. The average Bonchev–Trinajstić information content (AvgIpc) is 2.17. The van der Waals surface area contributed by atoms with Crippen LogP contribution in [0.4, 0.5) is 0 Å². The molecular formula is C10H9NO2. The summed E-state index contributed by atoms with van der Waals surface area (Å²) < 4.78 is 5.01. The summed E-state index contributed by atoms with van der Waals surface area (Å²) in [6.45, 7) is 0. The van der Waals surface area contributed by atoms with Crippen molar-refractivity contribution in [3.8, 4) is 5.75 Å². The lowest BCUT2D eigenvalue weighted by atomic mass is 10.0. The van der Waals surface area contributed by atoms with Crippen LogP contribution in [0.2, 0.25) is 0 Å². The molecule has 1 aliphatic heterocycles. The lowest BCUT2D eigenvalue weighted by Gasteiger charge is -2.14. The van der Waals surface area contributed by atoms with Crippen LogP contribution in [-0.2, 0) is 4.79 Å². The van der Waals surface area contributed by atoms with Gasteiger partial charge < -0.3 is 10.1 Å². The minimum Gasteiger partial charge on any atom is -0.497 e. The topological polar surface area (TPSA) is 38.3 Å². The third-order valence-corrected chi connectivity index (χ3v) is 1.99. The van der Waals surface area contributed by atoms with Gasteiger partial charge in [-0.25, -0.2) is 0 Å². The maximum absolute atomic E-state index is 11.0. The van der Waals surface area contributed by atoms with Crippen LogP contribution in [0.1, 0.15) is 5.56 Å². The number of hydrogen-bond donors (Lipinski definition) is 1. The van der Waals surface area contributed by atoms with Crippen LogP contribution in [0.25, 0.3) is 5.57 Å². The number of rotatable bonds is 2. The molecule has 0 saturated heterocycles. The van der Waals surface area contributed by atoms with Crippen molar-refractivity contribution in [1.82, 2.24) is 5.32 Å². The first-order chi connectivity index (χ1) is 6.31. The van der Waals surface area contributed by atoms with Crippen molar-refractivity contribution in [1.29, 1.82) is 0 Å². The molecule has 1 aliphatic rings. The molecule has 0 unspecified atom stereocenters. The Balaban J connectivity index is 2.28. The lowest BCUT2D eigenvalue weighted by Crippen LogP contribution is -2.28. The molecule has 1 aromatic rings. The molecule has 2 rings (SSSR count). The normalized spacial score (nSPS) is 14.2. The van der Waals surface area contributed by atoms with E-state index in [-0.39, 0.29) is 5.91 Å². The monoisotopic (exact) mass is 175 g/mol. The van der Waals surface area contributed by atoms with E-state index in [1.54, 1.807) is 13.3 Å². The number of nitrogens with one attached hydrogen (secondary N) is 1. The SMILES string of the molecule is COc1ccc(C2=CNC2=O)cc1. The number of benzene rings is 1. The average molecular weight is 175 g/mol. The number of methoxy groups -OCH3 is 1. The van der Waals surface area contributed by atoms with Crippen LogP contribution >= 0.6 is 0 Å². The number of hydrogen-bond acceptors (Lipinski definition) is 2. The Kier molecular flexibility index (Phi) is 1.77. The van der Waals surface area contributed by atoms with E-state index < -0.39 is 0 Å². The smallest absolute Gasteiger partial charge is 0.257 e.